The lowest BCUT2D eigenvalue weighted by Crippen LogP contribution is -2.31. The van der Waals surface area contributed by atoms with Crippen LogP contribution >= 0.6 is 0 Å². The van der Waals surface area contributed by atoms with Crippen molar-refractivity contribution in [1.29, 1.82) is 5.41 Å². The summed E-state index contributed by atoms with van der Waals surface area (Å²) in [6.45, 7) is 5.72. The molecule has 2 atom stereocenters. The maximum absolute atomic E-state index is 12.2. The van der Waals surface area contributed by atoms with Crippen molar-refractivity contribution in [3.8, 4) is 16.9 Å². The highest BCUT2D eigenvalue weighted by Gasteiger charge is 2.35. The number of benzene rings is 1. The first-order valence-electron chi connectivity index (χ1n) is 10.0. The Hall–Kier alpha value is -3.49. The lowest BCUT2D eigenvalue weighted by atomic mass is 10.0. The third-order valence-electron chi connectivity index (χ3n) is 4.65. The van der Waals surface area contributed by atoms with E-state index in [2.05, 4.69) is 15.3 Å². The zero-order valence-corrected chi connectivity index (χ0v) is 17.8. The van der Waals surface area contributed by atoms with Gasteiger partial charge in [0.25, 0.3) is 0 Å². The first-order valence-corrected chi connectivity index (χ1v) is 10.0. The molecular weight excluding hydrogens is 398 g/mol. The van der Waals surface area contributed by atoms with E-state index in [1.54, 1.807) is 33.2 Å². The van der Waals surface area contributed by atoms with Gasteiger partial charge in [-0.1, -0.05) is 12.1 Å². The number of amides is 1. The number of carbonyl (C=O) groups is 2. The fourth-order valence-electron chi connectivity index (χ4n) is 3.26. The van der Waals surface area contributed by atoms with Crippen LogP contribution in [0.1, 0.15) is 39.4 Å². The molecule has 1 amide bonds. The molecule has 0 spiro atoms. The number of nitrogens with zero attached hydrogens (tertiary/aromatic N) is 2. The molecule has 0 bridgehead atoms. The fraction of sp³-hybridized carbons (Fsp3) is 0.409. The van der Waals surface area contributed by atoms with E-state index in [-0.39, 0.29) is 36.0 Å². The van der Waals surface area contributed by atoms with Crippen molar-refractivity contribution in [3.05, 3.63) is 42.5 Å². The smallest absolute Gasteiger partial charge is 0.307 e. The number of hydrogen-bond acceptors (Lipinski definition) is 7. The van der Waals surface area contributed by atoms with E-state index in [0.717, 1.165) is 11.1 Å². The van der Waals surface area contributed by atoms with Gasteiger partial charge in [-0.3, -0.25) is 15.0 Å². The molecule has 0 aliphatic carbocycles. The molecule has 164 valence electrons. The van der Waals surface area contributed by atoms with E-state index in [1.165, 1.54) is 0 Å². The second kappa shape index (κ2) is 9.11. The highest BCUT2D eigenvalue weighted by atomic mass is 16.6. The Labute approximate surface area is 180 Å². The van der Waals surface area contributed by atoms with Crippen LogP contribution in [0.15, 0.2) is 36.7 Å². The molecule has 1 aliphatic heterocycles. The van der Waals surface area contributed by atoms with Crippen LogP contribution < -0.4 is 15.8 Å². The molecule has 1 saturated heterocycles. The quantitative estimate of drug-likeness (QED) is 0.350. The summed E-state index contributed by atoms with van der Waals surface area (Å²) in [5, 5.41) is 10.2. The third-order valence-corrected chi connectivity index (χ3v) is 4.65. The number of rotatable bonds is 7. The standard InChI is InChI=1S/C22H27N5O4/c1-22(2,3)31-18(28)9-14-8-16(27-21(14)29)12-30-17-6-4-13(5-7-17)15-10-25-20(19(23)24)26-11-15/h4-7,10-11,14,16H,8-9,12H2,1-3H3,(H3,23,24)(H,27,29)/t14-,16-/m0/s1. The summed E-state index contributed by atoms with van der Waals surface area (Å²) in [5.74, 6) is -0.248. The SMILES string of the molecule is CC(C)(C)OC(=O)C[C@@H]1C[C@@H](COc2ccc(-c3cnc(C(=N)N)nc3)cc2)NC1=O. The second-order valence-electron chi connectivity index (χ2n) is 8.47. The number of hydrogen-bond donors (Lipinski definition) is 3. The molecule has 9 heteroatoms. The summed E-state index contributed by atoms with van der Waals surface area (Å²) in [7, 11) is 0. The Morgan fingerprint density at radius 3 is 2.42 bits per heavy atom. The van der Waals surface area contributed by atoms with E-state index in [0.29, 0.717) is 18.8 Å². The summed E-state index contributed by atoms with van der Waals surface area (Å²) in [5.41, 5.74) is 6.49. The summed E-state index contributed by atoms with van der Waals surface area (Å²) in [4.78, 5) is 32.3. The van der Waals surface area contributed by atoms with Gasteiger partial charge >= 0.3 is 5.97 Å². The predicted octanol–water partition coefficient (Wildman–Crippen LogP) is 2.04. The van der Waals surface area contributed by atoms with Gasteiger partial charge in [0.05, 0.1) is 18.4 Å². The van der Waals surface area contributed by atoms with Crippen molar-refractivity contribution < 1.29 is 19.1 Å². The molecule has 2 heterocycles. The Kier molecular flexibility index (Phi) is 6.53. The molecular formula is C22H27N5O4. The van der Waals surface area contributed by atoms with E-state index in [4.69, 9.17) is 20.6 Å². The maximum Gasteiger partial charge on any atom is 0.307 e. The number of amidine groups is 1. The average Bonchev–Trinajstić information content (AvgIpc) is 3.04. The van der Waals surface area contributed by atoms with Crippen LogP contribution in [0.3, 0.4) is 0 Å². The van der Waals surface area contributed by atoms with Crippen LogP contribution in [0.5, 0.6) is 5.75 Å². The van der Waals surface area contributed by atoms with Crippen molar-refractivity contribution in [2.75, 3.05) is 6.61 Å². The number of nitrogen functional groups attached to an aromatic ring is 1. The first kappa shape index (κ1) is 22.2. The average molecular weight is 425 g/mol. The van der Waals surface area contributed by atoms with Crippen LogP contribution in [0.4, 0.5) is 0 Å². The number of nitrogens with one attached hydrogen (secondary N) is 2. The molecule has 9 nitrogen and oxygen atoms in total. The van der Waals surface area contributed by atoms with Crippen molar-refractivity contribution in [2.45, 2.75) is 45.3 Å². The number of esters is 1. The molecule has 0 radical (unpaired) electrons. The lowest BCUT2D eigenvalue weighted by molar-refractivity contribution is -0.156. The van der Waals surface area contributed by atoms with E-state index < -0.39 is 11.5 Å². The molecule has 31 heavy (non-hydrogen) atoms. The number of nitrogens with two attached hydrogens (primary N) is 1. The summed E-state index contributed by atoms with van der Waals surface area (Å²) >= 11 is 0. The minimum atomic E-state index is -0.567. The van der Waals surface area contributed by atoms with E-state index in [1.807, 2.05) is 24.3 Å². The Bertz CT molecular complexity index is 951. The molecule has 1 aromatic heterocycles. The molecule has 1 aliphatic rings. The normalized spacial score (nSPS) is 18.4. The minimum absolute atomic E-state index is 0.0682. The Balaban J connectivity index is 1.51. The van der Waals surface area contributed by atoms with Gasteiger partial charge in [0.1, 0.15) is 18.0 Å². The van der Waals surface area contributed by atoms with Crippen molar-refractivity contribution in [2.24, 2.45) is 11.7 Å². The van der Waals surface area contributed by atoms with Gasteiger partial charge in [0.15, 0.2) is 11.7 Å². The maximum atomic E-state index is 12.2. The van der Waals surface area contributed by atoms with Gasteiger partial charge in [0.2, 0.25) is 5.91 Å². The molecule has 3 rings (SSSR count). The van der Waals surface area contributed by atoms with Crippen LogP contribution in [0.2, 0.25) is 0 Å². The number of carbonyl (C=O) groups excluding carboxylic acids is 2. The highest BCUT2D eigenvalue weighted by Crippen LogP contribution is 2.24. The van der Waals surface area contributed by atoms with Crippen molar-refractivity contribution in [1.82, 2.24) is 15.3 Å². The molecule has 1 fully saturated rings. The second-order valence-corrected chi connectivity index (χ2v) is 8.47. The summed E-state index contributed by atoms with van der Waals surface area (Å²) in [6, 6.07) is 7.24. The van der Waals surface area contributed by atoms with Gasteiger partial charge < -0.3 is 20.5 Å². The Morgan fingerprint density at radius 1 is 1.19 bits per heavy atom. The fourth-order valence-corrected chi connectivity index (χ4v) is 3.26. The van der Waals surface area contributed by atoms with E-state index >= 15 is 0 Å². The van der Waals surface area contributed by atoms with Crippen LogP contribution in [0.25, 0.3) is 11.1 Å². The van der Waals surface area contributed by atoms with Crippen LogP contribution in [0, 0.1) is 11.3 Å². The Morgan fingerprint density at radius 2 is 1.84 bits per heavy atom. The molecule has 0 unspecified atom stereocenters. The first-order chi connectivity index (χ1) is 14.6. The zero-order chi connectivity index (χ0) is 22.6. The van der Waals surface area contributed by atoms with E-state index in [9.17, 15) is 9.59 Å². The van der Waals surface area contributed by atoms with Gasteiger partial charge in [-0.2, -0.15) is 0 Å². The van der Waals surface area contributed by atoms with Gasteiger partial charge in [-0.05, 0) is 44.9 Å². The van der Waals surface area contributed by atoms with Gasteiger partial charge in [0, 0.05) is 18.0 Å². The largest absolute Gasteiger partial charge is 0.491 e. The van der Waals surface area contributed by atoms with Crippen LogP contribution in [-0.2, 0) is 14.3 Å². The lowest BCUT2D eigenvalue weighted by Gasteiger charge is -2.20. The van der Waals surface area contributed by atoms with Crippen molar-refractivity contribution >= 4 is 17.7 Å². The summed E-state index contributed by atoms with van der Waals surface area (Å²) < 4.78 is 11.1. The molecule has 4 N–H and O–H groups in total. The summed E-state index contributed by atoms with van der Waals surface area (Å²) in [6.07, 6.45) is 3.81. The van der Waals surface area contributed by atoms with Crippen LogP contribution in [-0.4, -0.2) is 45.9 Å². The molecule has 0 saturated carbocycles. The van der Waals surface area contributed by atoms with Crippen molar-refractivity contribution in [3.63, 3.8) is 0 Å². The predicted molar refractivity (Wildman–Crippen MR) is 114 cm³/mol. The highest BCUT2D eigenvalue weighted by molar-refractivity contribution is 5.91. The number of aromatic nitrogens is 2. The topological polar surface area (TPSA) is 140 Å². The molecule has 2 aromatic rings. The minimum Gasteiger partial charge on any atom is -0.491 e. The number of ether oxygens (including phenoxy) is 2. The monoisotopic (exact) mass is 425 g/mol. The van der Waals surface area contributed by atoms with Gasteiger partial charge in [-0.25, -0.2) is 9.97 Å². The molecule has 1 aromatic carbocycles. The van der Waals surface area contributed by atoms with Gasteiger partial charge in [-0.15, -0.1) is 0 Å². The third kappa shape index (κ3) is 6.24. The zero-order valence-electron chi connectivity index (χ0n) is 17.8.